The Hall–Kier alpha value is -1.27. The largest absolute Gasteiger partial charge is 0.457 e. The van der Waals surface area contributed by atoms with Crippen molar-refractivity contribution in [3.05, 3.63) is 52.0 Å². The second-order valence-corrected chi connectivity index (χ2v) is 8.56. The molecule has 0 bridgehead atoms. The van der Waals surface area contributed by atoms with E-state index >= 15 is 0 Å². The minimum Gasteiger partial charge on any atom is -0.457 e. The van der Waals surface area contributed by atoms with Crippen molar-refractivity contribution in [3.8, 4) is 11.5 Å². The van der Waals surface area contributed by atoms with Gasteiger partial charge in [-0.25, -0.2) is 8.42 Å². The quantitative estimate of drug-likeness (QED) is 0.841. The molecule has 7 heteroatoms. The average molecular weight is 374 g/mol. The Balaban J connectivity index is 2.39. The van der Waals surface area contributed by atoms with Gasteiger partial charge in [-0.1, -0.05) is 23.2 Å². The van der Waals surface area contributed by atoms with E-state index in [4.69, 9.17) is 33.7 Å². The monoisotopic (exact) mass is 373 g/mol. The molecule has 0 radical (unpaired) electrons. The third-order valence-corrected chi connectivity index (χ3v) is 6.21. The number of halogens is 2. The van der Waals surface area contributed by atoms with Crippen molar-refractivity contribution in [3.63, 3.8) is 0 Å². The topological polar surface area (TPSA) is 69.4 Å². The van der Waals surface area contributed by atoms with Crippen LogP contribution in [-0.4, -0.2) is 13.7 Å². The summed E-state index contributed by atoms with van der Waals surface area (Å²) in [6.07, 6.45) is 0. The number of nitrogens with two attached hydrogens (primary N) is 1. The first-order valence-electron chi connectivity index (χ1n) is 6.95. The summed E-state index contributed by atoms with van der Waals surface area (Å²) in [6, 6.07) is 9.54. The van der Waals surface area contributed by atoms with Gasteiger partial charge in [-0.3, -0.25) is 0 Å². The molecule has 23 heavy (non-hydrogen) atoms. The Morgan fingerprint density at radius 3 is 2.35 bits per heavy atom. The highest BCUT2D eigenvalue weighted by Gasteiger charge is 2.20. The molecule has 2 aromatic carbocycles. The van der Waals surface area contributed by atoms with Gasteiger partial charge in [0.25, 0.3) is 0 Å². The predicted octanol–water partition coefficient (Wildman–Crippen LogP) is 4.43. The van der Waals surface area contributed by atoms with Gasteiger partial charge in [-0.2, -0.15) is 0 Å². The number of rotatable bonds is 5. The molecular weight excluding hydrogens is 357 g/mol. The van der Waals surface area contributed by atoms with Crippen molar-refractivity contribution in [2.24, 2.45) is 5.73 Å². The lowest BCUT2D eigenvalue weighted by Crippen LogP contribution is -2.14. The van der Waals surface area contributed by atoms with E-state index in [1.807, 2.05) is 0 Å². The highest BCUT2D eigenvalue weighted by atomic mass is 35.5. The molecule has 0 spiro atoms. The smallest absolute Gasteiger partial charge is 0.180 e. The number of ether oxygens (including phenoxy) is 1. The maximum atomic E-state index is 12.2. The van der Waals surface area contributed by atoms with Crippen molar-refractivity contribution in [1.82, 2.24) is 0 Å². The van der Waals surface area contributed by atoms with Gasteiger partial charge >= 0.3 is 0 Å². The minimum atomic E-state index is -3.36. The molecule has 0 heterocycles. The summed E-state index contributed by atoms with van der Waals surface area (Å²) in [5.41, 5.74) is 6.32. The van der Waals surface area contributed by atoms with Gasteiger partial charge < -0.3 is 10.5 Å². The predicted molar refractivity (Wildman–Crippen MR) is 93.2 cm³/mol. The molecule has 0 amide bonds. The van der Waals surface area contributed by atoms with Crippen molar-refractivity contribution in [2.75, 3.05) is 0 Å². The SMILES string of the molecule is CC(C)S(=O)(=O)c1ccc(Oc2ccc(Cl)c(Cl)c2)c(CN)c1. The average Bonchev–Trinajstić information content (AvgIpc) is 2.51. The first-order chi connectivity index (χ1) is 10.8. The number of hydrogen-bond acceptors (Lipinski definition) is 4. The van der Waals surface area contributed by atoms with Crippen LogP contribution in [0, 0.1) is 0 Å². The Morgan fingerprint density at radius 2 is 1.78 bits per heavy atom. The third-order valence-electron chi connectivity index (χ3n) is 3.32. The first kappa shape index (κ1) is 18.1. The van der Waals surface area contributed by atoms with Gasteiger partial charge in [0, 0.05) is 18.2 Å². The van der Waals surface area contributed by atoms with E-state index in [1.165, 1.54) is 6.07 Å². The van der Waals surface area contributed by atoms with Gasteiger partial charge in [0.2, 0.25) is 0 Å². The summed E-state index contributed by atoms with van der Waals surface area (Å²) in [7, 11) is -3.36. The van der Waals surface area contributed by atoms with Gasteiger partial charge in [-0.05, 0) is 44.2 Å². The lowest BCUT2D eigenvalue weighted by molar-refractivity contribution is 0.475. The molecule has 0 aliphatic heterocycles. The summed E-state index contributed by atoms with van der Waals surface area (Å²) < 4.78 is 30.2. The molecular formula is C16H17Cl2NO3S. The molecule has 0 atom stereocenters. The normalized spacial score (nSPS) is 11.7. The maximum absolute atomic E-state index is 12.2. The van der Waals surface area contributed by atoms with Gasteiger partial charge in [-0.15, -0.1) is 0 Å². The molecule has 0 saturated carbocycles. The van der Waals surface area contributed by atoms with Gasteiger partial charge in [0.1, 0.15) is 11.5 Å². The summed E-state index contributed by atoms with van der Waals surface area (Å²) >= 11 is 11.8. The third kappa shape index (κ3) is 3.98. The summed E-state index contributed by atoms with van der Waals surface area (Å²) in [5, 5.41) is 0.295. The van der Waals surface area contributed by atoms with Crippen molar-refractivity contribution in [2.45, 2.75) is 30.5 Å². The van der Waals surface area contributed by atoms with Crippen LogP contribution in [0.4, 0.5) is 0 Å². The van der Waals surface area contributed by atoms with Gasteiger partial charge in [0.15, 0.2) is 9.84 Å². The standard InChI is InChI=1S/C16H17Cl2NO3S/c1-10(2)23(20,21)13-4-6-16(11(7-13)9-19)22-12-3-5-14(17)15(18)8-12/h3-8,10H,9,19H2,1-2H3. The van der Waals surface area contributed by atoms with Crippen LogP contribution in [0.1, 0.15) is 19.4 Å². The van der Waals surface area contributed by atoms with Crippen LogP contribution in [0.3, 0.4) is 0 Å². The molecule has 2 rings (SSSR count). The molecule has 2 aromatic rings. The van der Waals surface area contributed by atoms with E-state index in [1.54, 1.807) is 44.2 Å². The second kappa shape index (κ2) is 7.09. The molecule has 0 fully saturated rings. The molecule has 124 valence electrons. The summed E-state index contributed by atoms with van der Waals surface area (Å²) in [6.45, 7) is 3.42. The molecule has 0 aliphatic rings. The van der Waals surface area contributed by atoms with E-state index in [0.29, 0.717) is 27.1 Å². The van der Waals surface area contributed by atoms with Crippen LogP contribution in [0.5, 0.6) is 11.5 Å². The highest BCUT2D eigenvalue weighted by Crippen LogP contribution is 2.32. The fraction of sp³-hybridized carbons (Fsp3) is 0.250. The lowest BCUT2D eigenvalue weighted by Gasteiger charge is -2.14. The zero-order valence-corrected chi connectivity index (χ0v) is 15.0. The van der Waals surface area contributed by atoms with Crippen LogP contribution < -0.4 is 10.5 Å². The minimum absolute atomic E-state index is 0.151. The van der Waals surface area contributed by atoms with Crippen molar-refractivity contribution in [1.29, 1.82) is 0 Å². The summed E-state index contributed by atoms with van der Waals surface area (Å²) in [4.78, 5) is 0.231. The summed E-state index contributed by atoms with van der Waals surface area (Å²) in [5.74, 6) is 0.974. The zero-order valence-electron chi connectivity index (χ0n) is 12.7. The van der Waals surface area contributed by atoms with Crippen LogP contribution >= 0.6 is 23.2 Å². The number of sulfone groups is 1. The molecule has 0 saturated heterocycles. The number of benzene rings is 2. The van der Waals surface area contributed by atoms with E-state index in [0.717, 1.165) is 0 Å². The zero-order chi connectivity index (χ0) is 17.2. The molecule has 0 aliphatic carbocycles. The maximum Gasteiger partial charge on any atom is 0.180 e. The second-order valence-electron chi connectivity index (χ2n) is 5.25. The molecule has 0 unspecified atom stereocenters. The number of hydrogen-bond donors (Lipinski definition) is 1. The molecule has 4 nitrogen and oxygen atoms in total. The fourth-order valence-corrected chi connectivity index (χ4v) is 3.33. The van der Waals surface area contributed by atoms with E-state index in [9.17, 15) is 8.42 Å². The van der Waals surface area contributed by atoms with Crippen molar-refractivity contribution < 1.29 is 13.2 Å². The van der Waals surface area contributed by atoms with E-state index in [2.05, 4.69) is 0 Å². The Bertz CT molecular complexity index is 820. The van der Waals surface area contributed by atoms with Crippen LogP contribution in [-0.2, 0) is 16.4 Å². The molecule has 0 aromatic heterocycles. The Kier molecular flexibility index (Phi) is 5.57. The Labute approximate surface area is 146 Å². The highest BCUT2D eigenvalue weighted by molar-refractivity contribution is 7.92. The van der Waals surface area contributed by atoms with E-state index < -0.39 is 15.1 Å². The first-order valence-corrected chi connectivity index (χ1v) is 9.25. The van der Waals surface area contributed by atoms with Crippen molar-refractivity contribution >= 4 is 33.0 Å². The fourth-order valence-electron chi connectivity index (χ4n) is 1.93. The van der Waals surface area contributed by atoms with E-state index in [-0.39, 0.29) is 11.4 Å². The van der Waals surface area contributed by atoms with Crippen LogP contribution in [0.25, 0.3) is 0 Å². The molecule has 2 N–H and O–H groups in total. The van der Waals surface area contributed by atoms with Crippen LogP contribution in [0.2, 0.25) is 10.0 Å². The Morgan fingerprint density at radius 1 is 1.09 bits per heavy atom. The lowest BCUT2D eigenvalue weighted by atomic mass is 10.2. The van der Waals surface area contributed by atoms with Gasteiger partial charge in [0.05, 0.1) is 20.2 Å². The van der Waals surface area contributed by atoms with Crippen LogP contribution in [0.15, 0.2) is 41.3 Å².